The van der Waals surface area contributed by atoms with Crippen LogP contribution < -0.4 is 10.0 Å². The lowest BCUT2D eigenvalue weighted by Gasteiger charge is -2.18. The van der Waals surface area contributed by atoms with Crippen LogP contribution in [0.5, 0.6) is 0 Å². The number of sulfonamides is 1. The zero-order valence-electron chi connectivity index (χ0n) is 15.3. The van der Waals surface area contributed by atoms with Crippen LogP contribution in [-0.4, -0.2) is 27.4 Å². The maximum Gasteiger partial charge on any atom is 0.332 e. The van der Waals surface area contributed by atoms with Crippen LogP contribution in [0.25, 0.3) is 0 Å². The second kappa shape index (κ2) is 10.7. The van der Waals surface area contributed by atoms with Gasteiger partial charge in [0.25, 0.3) is 5.91 Å². The van der Waals surface area contributed by atoms with Crippen LogP contribution in [0.4, 0.5) is 5.69 Å². The molecule has 0 saturated heterocycles. The summed E-state index contributed by atoms with van der Waals surface area (Å²) in [5.74, 6) is -0.750. The van der Waals surface area contributed by atoms with E-state index in [4.69, 9.17) is 10.4 Å². The van der Waals surface area contributed by atoms with Gasteiger partial charge in [0.1, 0.15) is 0 Å². The molecule has 0 aliphatic rings. The summed E-state index contributed by atoms with van der Waals surface area (Å²) in [6.45, 7) is 10.0. The Kier molecular flexibility index (Phi) is 9.42. The quantitative estimate of drug-likeness (QED) is 0.464. The number of anilines is 1. The molecule has 1 rings (SSSR count). The molecule has 1 amide bonds. The topological polar surface area (TPSA) is 131 Å². The fourth-order valence-electron chi connectivity index (χ4n) is 1.56. The van der Waals surface area contributed by atoms with Crippen LogP contribution in [0, 0.1) is 11.3 Å². The Morgan fingerprint density at radius 1 is 1.19 bits per heavy atom. The van der Waals surface area contributed by atoms with Crippen LogP contribution in [0.1, 0.15) is 13.8 Å². The van der Waals surface area contributed by atoms with Crippen molar-refractivity contribution in [3.63, 3.8) is 0 Å². The molecule has 0 bridgehead atoms. The minimum absolute atomic E-state index is 0.0618. The number of nitrogens with zero attached hydrogens (tertiary/aromatic N) is 2. The van der Waals surface area contributed by atoms with Crippen LogP contribution in [0.3, 0.4) is 0 Å². The Labute approximate surface area is 158 Å². The van der Waals surface area contributed by atoms with Gasteiger partial charge in [-0.3, -0.25) is 9.69 Å². The van der Waals surface area contributed by atoms with Crippen LogP contribution in [0.2, 0.25) is 0 Å². The Balaban J connectivity index is 0.000000821. The molecule has 9 heteroatoms. The summed E-state index contributed by atoms with van der Waals surface area (Å²) in [4.78, 5) is 23.3. The van der Waals surface area contributed by atoms with E-state index >= 15 is 0 Å². The fourth-order valence-corrected chi connectivity index (χ4v) is 2.07. The molecule has 8 nitrogen and oxygen atoms in total. The number of benzene rings is 1. The van der Waals surface area contributed by atoms with Crippen molar-refractivity contribution in [2.24, 2.45) is 5.14 Å². The molecule has 0 radical (unpaired) electrons. The summed E-state index contributed by atoms with van der Waals surface area (Å²) in [5.41, 5.74) is 1.11. The number of nitrogens with two attached hydrogens (primary N) is 1. The van der Waals surface area contributed by atoms with Crippen LogP contribution in [-0.2, 0) is 24.3 Å². The molecular formula is C18H21N3O5S. The largest absolute Gasteiger partial charge is 0.466 e. The van der Waals surface area contributed by atoms with Gasteiger partial charge in [-0.2, -0.15) is 5.26 Å². The molecule has 0 heterocycles. The van der Waals surface area contributed by atoms with Gasteiger partial charge in [-0.05, 0) is 38.1 Å². The molecule has 0 spiro atoms. The van der Waals surface area contributed by atoms with Crippen molar-refractivity contribution in [2.75, 3.05) is 12.0 Å². The molecule has 0 aliphatic carbocycles. The number of hydrogen-bond acceptors (Lipinski definition) is 6. The molecule has 0 aromatic heterocycles. The van der Waals surface area contributed by atoms with Crippen LogP contribution in [0.15, 0.2) is 65.7 Å². The third-order valence-electron chi connectivity index (χ3n) is 2.86. The average molecular weight is 391 g/mol. The van der Waals surface area contributed by atoms with Gasteiger partial charge < -0.3 is 4.74 Å². The predicted octanol–water partition coefficient (Wildman–Crippen LogP) is 2.02. The lowest BCUT2D eigenvalue weighted by atomic mass is 10.2. The number of allylic oxidation sites excluding steroid dienone is 1. The van der Waals surface area contributed by atoms with E-state index in [9.17, 15) is 18.0 Å². The predicted molar refractivity (Wildman–Crippen MR) is 102 cm³/mol. The molecule has 27 heavy (non-hydrogen) atoms. The van der Waals surface area contributed by atoms with Gasteiger partial charge in [0, 0.05) is 29.1 Å². The summed E-state index contributed by atoms with van der Waals surface area (Å²) in [6.07, 6.45) is 2.41. The first-order valence-corrected chi connectivity index (χ1v) is 8.92. The highest BCUT2D eigenvalue weighted by Gasteiger charge is 2.15. The third kappa shape index (κ3) is 8.13. The number of amides is 1. The van der Waals surface area contributed by atoms with E-state index < -0.39 is 15.9 Å². The van der Waals surface area contributed by atoms with E-state index in [1.54, 1.807) is 13.0 Å². The Morgan fingerprint density at radius 2 is 1.70 bits per heavy atom. The highest BCUT2D eigenvalue weighted by atomic mass is 32.2. The van der Waals surface area contributed by atoms with Crippen molar-refractivity contribution >= 4 is 27.6 Å². The summed E-state index contributed by atoms with van der Waals surface area (Å²) in [5, 5.41) is 13.5. The highest BCUT2D eigenvalue weighted by molar-refractivity contribution is 7.89. The highest BCUT2D eigenvalue weighted by Crippen LogP contribution is 2.19. The lowest BCUT2D eigenvalue weighted by molar-refractivity contribution is -0.136. The van der Waals surface area contributed by atoms with E-state index in [-0.39, 0.29) is 16.4 Å². The smallest absolute Gasteiger partial charge is 0.332 e. The summed E-state index contributed by atoms with van der Waals surface area (Å²) in [6, 6.07) is 7.18. The average Bonchev–Trinajstić information content (AvgIpc) is 2.61. The number of carbonyl (C=O) groups excluding carboxylic acids is 2. The molecule has 0 atom stereocenters. The standard InChI is InChI=1S/C13H13N3O3S.C5H8O2/c1-10(2)13(17)16(9-3-8-14)11-4-6-12(7-5-11)20(15,18)19;1-4(2)5(6)7-3/h3-7,9H,1H2,2H3,(H2,15,18,19);1H2,2-3H3. The first-order valence-electron chi connectivity index (χ1n) is 7.37. The van der Waals surface area contributed by atoms with Gasteiger partial charge in [-0.25, -0.2) is 18.4 Å². The van der Waals surface area contributed by atoms with Crippen molar-refractivity contribution in [1.29, 1.82) is 5.26 Å². The molecule has 0 aliphatic heterocycles. The number of methoxy groups -OCH3 is 1. The number of nitriles is 1. The molecule has 0 saturated carbocycles. The van der Waals surface area contributed by atoms with Crippen molar-refractivity contribution in [1.82, 2.24) is 0 Å². The number of primary sulfonamides is 1. The Morgan fingerprint density at radius 3 is 2.00 bits per heavy atom. The van der Waals surface area contributed by atoms with Gasteiger partial charge in [-0.1, -0.05) is 13.2 Å². The van der Waals surface area contributed by atoms with Crippen LogP contribution >= 0.6 is 0 Å². The number of esters is 1. The van der Waals surface area contributed by atoms with Crippen molar-refractivity contribution < 1.29 is 22.7 Å². The SMILES string of the molecule is C=C(C)C(=O)N(C=CC#N)c1ccc(S(N)(=O)=O)cc1.C=C(C)C(=O)OC. The van der Waals surface area contributed by atoms with Gasteiger partial charge in [0.15, 0.2) is 0 Å². The number of carbonyl (C=O) groups is 2. The zero-order valence-corrected chi connectivity index (χ0v) is 16.1. The normalized spacial score (nSPS) is 10.2. The van der Waals surface area contributed by atoms with E-state index in [2.05, 4.69) is 17.9 Å². The van der Waals surface area contributed by atoms with Gasteiger partial charge in [0.2, 0.25) is 10.0 Å². The second-order valence-electron chi connectivity index (χ2n) is 5.21. The molecule has 2 N–H and O–H groups in total. The first-order chi connectivity index (χ1) is 12.4. The molecule has 0 unspecified atom stereocenters. The molecule has 0 fully saturated rings. The summed E-state index contributed by atoms with van der Waals surface area (Å²) in [7, 11) is -2.46. The number of ether oxygens (including phenoxy) is 1. The van der Waals surface area contributed by atoms with E-state index in [1.807, 2.05) is 0 Å². The maximum atomic E-state index is 12.0. The zero-order chi connectivity index (χ0) is 21.2. The number of hydrogen-bond donors (Lipinski definition) is 1. The Bertz CT molecular complexity index is 894. The molecular weight excluding hydrogens is 370 g/mol. The second-order valence-corrected chi connectivity index (χ2v) is 6.77. The maximum absolute atomic E-state index is 12.0. The minimum atomic E-state index is -3.79. The van der Waals surface area contributed by atoms with E-state index in [0.717, 1.165) is 6.08 Å². The van der Waals surface area contributed by atoms with Crippen molar-refractivity contribution in [2.45, 2.75) is 18.7 Å². The van der Waals surface area contributed by atoms with Crippen molar-refractivity contribution in [3.8, 4) is 6.07 Å². The van der Waals surface area contributed by atoms with Gasteiger partial charge >= 0.3 is 5.97 Å². The van der Waals surface area contributed by atoms with Gasteiger partial charge in [0.05, 0.1) is 18.1 Å². The van der Waals surface area contributed by atoms with Gasteiger partial charge in [-0.15, -0.1) is 0 Å². The van der Waals surface area contributed by atoms with E-state index in [0.29, 0.717) is 11.3 Å². The monoisotopic (exact) mass is 391 g/mol. The molecule has 1 aromatic carbocycles. The molecule has 144 valence electrons. The third-order valence-corrected chi connectivity index (χ3v) is 3.79. The van der Waals surface area contributed by atoms with E-state index in [1.165, 1.54) is 49.4 Å². The lowest BCUT2D eigenvalue weighted by Crippen LogP contribution is -2.25. The Hall–Kier alpha value is -3.22. The summed E-state index contributed by atoms with van der Waals surface area (Å²) >= 11 is 0. The van der Waals surface area contributed by atoms with Crippen molar-refractivity contribution in [3.05, 3.63) is 60.8 Å². The molecule has 1 aromatic rings. The minimum Gasteiger partial charge on any atom is -0.466 e. The fraction of sp³-hybridized carbons (Fsp3) is 0.167. The first kappa shape index (κ1) is 23.8. The summed E-state index contributed by atoms with van der Waals surface area (Å²) < 4.78 is 26.6. The number of rotatable bonds is 5.